The Morgan fingerprint density at radius 1 is 1.32 bits per heavy atom. The number of rotatable bonds is 6. The largest absolute Gasteiger partial charge is 0.392 e. The predicted molar refractivity (Wildman–Crippen MR) is 74.1 cm³/mol. The summed E-state index contributed by atoms with van der Waals surface area (Å²) in [4.78, 5) is 0.183. The zero-order chi connectivity index (χ0) is 13.9. The molecule has 1 saturated carbocycles. The van der Waals surface area contributed by atoms with Gasteiger partial charge in [0.05, 0.1) is 11.5 Å². The van der Waals surface area contributed by atoms with Crippen molar-refractivity contribution >= 4 is 10.0 Å². The summed E-state index contributed by atoms with van der Waals surface area (Å²) in [5.41, 5.74) is 0.579. The van der Waals surface area contributed by atoms with E-state index >= 15 is 0 Å². The van der Waals surface area contributed by atoms with Gasteiger partial charge in [-0.15, -0.1) is 0 Å². The molecule has 0 amide bonds. The minimum Gasteiger partial charge on any atom is -0.392 e. The third-order valence-corrected chi connectivity index (χ3v) is 5.74. The van der Waals surface area contributed by atoms with E-state index in [1.54, 1.807) is 18.2 Å². The van der Waals surface area contributed by atoms with Crippen LogP contribution >= 0.6 is 0 Å². The Bertz CT molecular complexity index is 530. The van der Waals surface area contributed by atoms with Gasteiger partial charge in [0, 0.05) is 6.54 Å². The lowest BCUT2D eigenvalue weighted by molar-refractivity contribution is 0.133. The van der Waals surface area contributed by atoms with Crippen LogP contribution in [0.5, 0.6) is 0 Å². The lowest BCUT2D eigenvalue weighted by Crippen LogP contribution is -2.41. The Morgan fingerprint density at radius 2 is 2.00 bits per heavy atom. The van der Waals surface area contributed by atoms with Crippen LogP contribution in [0.1, 0.15) is 38.2 Å². The molecule has 19 heavy (non-hydrogen) atoms. The summed E-state index contributed by atoms with van der Waals surface area (Å²) in [6, 6.07) is 6.57. The van der Waals surface area contributed by atoms with Crippen LogP contribution in [0.4, 0.5) is 0 Å². The molecule has 0 heterocycles. The van der Waals surface area contributed by atoms with Crippen LogP contribution in [0.25, 0.3) is 0 Å². The molecule has 2 N–H and O–H groups in total. The second kappa shape index (κ2) is 5.61. The summed E-state index contributed by atoms with van der Waals surface area (Å²) < 4.78 is 27.3. The number of benzene rings is 1. The maximum absolute atomic E-state index is 12.3. The molecule has 0 spiro atoms. The van der Waals surface area contributed by atoms with Crippen LogP contribution < -0.4 is 4.72 Å². The van der Waals surface area contributed by atoms with Crippen LogP contribution in [0, 0.1) is 5.41 Å². The van der Waals surface area contributed by atoms with Crippen molar-refractivity contribution in [2.24, 2.45) is 5.41 Å². The van der Waals surface area contributed by atoms with Crippen molar-refractivity contribution in [3.63, 3.8) is 0 Å². The monoisotopic (exact) mass is 283 g/mol. The van der Waals surface area contributed by atoms with Gasteiger partial charge in [0.2, 0.25) is 10.0 Å². The molecule has 106 valence electrons. The molecule has 1 aliphatic rings. The van der Waals surface area contributed by atoms with Gasteiger partial charge in [-0.3, -0.25) is 0 Å². The number of sulfonamides is 1. The minimum absolute atomic E-state index is 0.140. The Morgan fingerprint density at radius 3 is 2.53 bits per heavy atom. The van der Waals surface area contributed by atoms with Gasteiger partial charge in [-0.2, -0.15) is 0 Å². The van der Waals surface area contributed by atoms with E-state index in [1.165, 1.54) is 12.5 Å². The van der Waals surface area contributed by atoms with Crippen LogP contribution in [-0.4, -0.2) is 20.1 Å². The molecular formula is C14H21NO3S. The van der Waals surface area contributed by atoms with Crippen molar-refractivity contribution in [2.75, 3.05) is 6.54 Å². The molecule has 1 fully saturated rings. The molecule has 0 bridgehead atoms. The molecule has 4 nitrogen and oxygen atoms in total. The normalized spacial score (nSPS) is 18.0. The van der Waals surface area contributed by atoms with Gasteiger partial charge in [0.25, 0.3) is 0 Å². The maximum Gasteiger partial charge on any atom is 0.240 e. The third-order valence-electron chi connectivity index (χ3n) is 4.23. The van der Waals surface area contributed by atoms with E-state index in [9.17, 15) is 13.5 Å². The summed E-state index contributed by atoms with van der Waals surface area (Å²) in [5.74, 6) is 0. The zero-order valence-corrected chi connectivity index (χ0v) is 12.0. The van der Waals surface area contributed by atoms with Gasteiger partial charge in [-0.1, -0.05) is 31.5 Å². The van der Waals surface area contributed by atoms with Gasteiger partial charge in [-0.05, 0) is 36.3 Å². The van der Waals surface area contributed by atoms with Gasteiger partial charge >= 0.3 is 0 Å². The van der Waals surface area contributed by atoms with E-state index in [1.807, 2.05) is 0 Å². The SMILES string of the molecule is CCC1(CNS(=O)(=O)c2ccccc2CO)CCC1. The summed E-state index contributed by atoms with van der Waals surface area (Å²) in [5, 5.41) is 9.22. The zero-order valence-electron chi connectivity index (χ0n) is 11.2. The van der Waals surface area contributed by atoms with Crippen molar-refractivity contribution in [3.05, 3.63) is 29.8 Å². The van der Waals surface area contributed by atoms with Gasteiger partial charge in [0.15, 0.2) is 0 Å². The Balaban J connectivity index is 2.14. The molecule has 1 aromatic rings. The summed E-state index contributed by atoms with van der Waals surface area (Å²) in [6.07, 6.45) is 4.36. The minimum atomic E-state index is -3.53. The smallest absolute Gasteiger partial charge is 0.240 e. The molecule has 0 aliphatic heterocycles. The predicted octanol–water partition coefficient (Wildman–Crippen LogP) is 2.04. The summed E-state index contributed by atoms with van der Waals surface area (Å²) in [6.45, 7) is 2.33. The van der Waals surface area contributed by atoms with Crippen LogP contribution in [0.2, 0.25) is 0 Å². The second-order valence-electron chi connectivity index (χ2n) is 5.30. The fraction of sp³-hybridized carbons (Fsp3) is 0.571. The molecule has 1 aliphatic carbocycles. The van der Waals surface area contributed by atoms with Crippen molar-refractivity contribution in [2.45, 2.75) is 44.1 Å². The van der Waals surface area contributed by atoms with Crippen LogP contribution in [0.3, 0.4) is 0 Å². The van der Waals surface area contributed by atoms with E-state index in [0.29, 0.717) is 12.1 Å². The number of hydrogen-bond donors (Lipinski definition) is 2. The molecular weight excluding hydrogens is 262 g/mol. The van der Waals surface area contributed by atoms with E-state index in [4.69, 9.17) is 0 Å². The molecule has 0 atom stereocenters. The van der Waals surface area contributed by atoms with Crippen molar-refractivity contribution in [3.8, 4) is 0 Å². The first-order valence-corrected chi connectivity index (χ1v) is 8.20. The highest BCUT2D eigenvalue weighted by Crippen LogP contribution is 2.43. The van der Waals surface area contributed by atoms with Crippen LogP contribution in [0.15, 0.2) is 29.2 Å². The first-order chi connectivity index (χ1) is 9.03. The molecule has 2 rings (SSSR count). The third kappa shape index (κ3) is 2.99. The van der Waals surface area contributed by atoms with Gasteiger partial charge < -0.3 is 5.11 Å². The highest BCUT2D eigenvalue weighted by molar-refractivity contribution is 7.89. The fourth-order valence-electron chi connectivity index (χ4n) is 2.55. The number of aliphatic hydroxyl groups is 1. The van der Waals surface area contributed by atoms with Gasteiger partial charge in [0.1, 0.15) is 0 Å². The number of nitrogens with one attached hydrogen (secondary N) is 1. The maximum atomic E-state index is 12.3. The number of hydrogen-bond acceptors (Lipinski definition) is 3. The lowest BCUT2D eigenvalue weighted by Gasteiger charge is -2.41. The highest BCUT2D eigenvalue weighted by Gasteiger charge is 2.36. The molecule has 0 radical (unpaired) electrons. The molecule has 0 aromatic heterocycles. The van der Waals surface area contributed by atoms with Crippen LogP contribution in [-0.2, 0) is 16.6 Å². The molecule has 0 unspecified atom stereocenters. The lowest BCUT2D eigenvalue weighted by atomic mass is 9.67. The first-order valence-electron chi connectivity index (χ1n) is 6.71. The van der Waals surface area contributed by atoms with Crippen molar-refractivity contribution in [1.29, 1.82) is 0 Å². The first kappa shape index (κ1) is 14.5. The Kier molecular flexibility index (Phi) is 4.28. The Hall–Kier alpha value is -0.910. The van der Waals surface area contributed by atoms with E-state index < -0.39 is 10.0 Å². The van der Waals surface area contributed by atoms with E-state index in [0.717, 1.165) is 19.3 Å². The summed E-state index contributed by atoms with van der Waals surface area (Å²) in [7, 11) is -3.53. The average Bonchev–Trinajstić information content (AvgIpc) is 2.38. The van der Waals surface area contributed by atoms with Crippen molar-refractivity contribution < 1.29 is 13.5 Å². The topological polar surface area (TPSA) is 66.4 Å². The quantitative estimate of drug-likeness (QED) is 0.839. The highest BCUT2D eigenvalue weighted by atomic mass is 32.2. The fourth-order valence-corrected chi connectivity index (χ4v) is 3.94. The Labute approximate surface area is 114 Å². The van der Waals surface area contributed by atoms with Crippen molar-refractivity contribution in [1.82, 2.24) is 4.72 Å². The average molecular weight is 283 g/mol. The number of aliphatic hydroxyl groups excluding tert-OH is 1. The molecule has 5 heteroatoms. The van der Waals surface area contributed by atoms with Gasteiger partial charge in [-0.25, -0.2) is 13.1 Å². The standard InChI is InChI=1S/C14H21NO3S/c1-2-14(8-5-9-14)11-15-19(17,18)13-7-4-3-6-12(13)10-16/h3-4,6-7,15-16H,2,5,8-11H2,1H3. The van der Waals surface area contributed by atoms with E-state index in [2.05, 4.69) is 11.6 Å². The van der Waals surface area contributed by atoms with E-state index in [-0.39, 0.29) is 16.9 Å². The second-order valence-corrected chi connectivity index (χ2v) is 7.03. The molecule has 1 aromatic carbocycles. The summed E-state index contributed by atoms with van der Waals surface area (Å²) >= 11 is 0. The molecule has 0 saturated heterocycles.